The summed E-state index contributed by atoms with van der Waals surface area (Å²) in [5.74, 6) is -0.763. The fourth-order valence-electron chi connectivity index (χ4n) is 4.06. The summed E-state index contributed by atoms with van der Waals surface area (Å²) in [6, 6.07) is 17.9. The summed E-state index contributed by atoms with van der Waals surface area (Å²) in [7, 11) is 0. The summed E-state index contributed by atoms with van der Waals surface area (Å²) in [6.45, 7) is 0.527. The molecule has 5 rings (SSSR count). The van der Waals surface area contributed by atoms with Crippen LogP contribution in [0.15, 0.2) is 90.2 Å². The standard InChI is InChI=1S/C28H22ClFN4O2/c29-24-16-32-26-12-25(30)21(11-23(24)26)15-33-28(36)22-10-20(13-31-14-22)9-18-4-6-19(7-5-18)17-34-8-2-1-3-27(34)35/h1-8,10-14,16,32H,9,15,17H2,(H,33,36). The lowest BCUT2D eigenvalue weighted by atomic mass is 10.0. The molecule has 6 nitrogen and oxygen atoms in total. The Morgan fingerprint density at radius 2 is 1.83 bits per heavy atom. The minimum Gasteiger partial charge on any atom is -0.360 e. The van der Waals surface area contributed by atoms with Gasteiger partial charge in [-0.3, -0.25) is 14.6 Å². The van der Waals surface area contributed by atoms with Gasteiger partial charge in [-0.1, -0.05) is 41.9 Å². The van der Waals surface area contributed by atoms with E-state index < -0.39 is 5.82 Å². The van der Waals surface area contributed by atoms with Gasteiger partial charge in [0.15, 0.2) is 0 Å². The lowest BCUT2D eigenvalue weighted by Crippen LogP contribution is -2.23. The Morgan fingerprint density at radius 3 is 2.64 bits per heavy atom. The number of benzene rings is 2. The SMILES string of the molecule is O=C(NCc1cc2c(Cl)c[nH]c2cc1F)c1cncc(Cc2ccc(Cn3ccccc3=O)cc2)c1. The number of rotatable bonds is 7. The predicted octanol–water partition coefficient (Wildman–Crippen LogP) is 5.09. The first-order chi connectivity index (χ1) is 17.5. The maximum Gasteiger partial charge on any atom is 0.253 e. The minimum absolute atomic E-state index is 0.0261. The van der Waals surface area contributed by atoms with Crippen molar-refractivity contribution < 1.29 is 9.18 Å². The van der Waals surface area contributed by atoms with E-state index in [2.05, 4.69) is 15.3 Å². The second kappa shape index (κ2) is 10.2. The first-order valence-electron chi connectivity index (χ1n) is 11.4. The molecule has 2 N–H and O–H groups in total. The average Bonchev–Trinajstić information content (AvgIpc) is 3.24. The summed E-state index contributed by atoms with van der Waals surface area (Å²) in [5.41, 5.74) is 4.25. The highest BCUT2D eigenvalue weighted by molar-refractivity contribution is 6.35. The number of fused-ring (bicyclic) bond motifs is 1. The number of amides is 1. The third-order valence-corrected chi connectivity index (χ3v) is 6.29. The molecule has 36 heavy (non-hydrogen) atoms. The van der Waals surface area contributed by atoms with Crippen molar-refractivity contribution in [1.82, 2.24) is 19.9 Å². The van der Waals surface area contributed by atoms with E-state index in [0.29, 0.717) is 40.0 Å². The Morgan fingerprint density at radius 1 is 1.03 bits per heavy atom. The highest BCUT2D eigenvalue weighted by Crippen LogP contribution is 2.25. The number of H-pyrrole nitrogens is 1. The molecule has 3 aromatic heterocycles. The lowest BCUT2D eigenvalue weighted by molar-refractivity contribution is 0.0950. The molecule has 0 fully saturated rings. The molecule has 0 bridgehead atoms. The molecule has 5 aromatic rings. The van der Waals surface area contributed by atoms with Gasteiger partial charge in [-0.05, 0) is 47.4 Å². The average molecular weight is 501 g/mol. The van der Waals surface area contributed by atoms with Gasteiger partial charge in [0.25, 0.3) is 11.5 Å². The summed E-state index contributed by atoms with van der Waals surface area (Å²) in [6.07, 6.45) is 7.17. The fraction of sp³-hybridized carbons (Fsp3) is 0.107. The number of nitrogens with zero attached hydrogens (tertiary/aromatic N) is 2. The maximum atomic E-state index is 14.4. The second-order valence-corrected chi connectivity index (χ2v) is 8.96. The van der Waals surface area contributed by atoms with E-state index in [0.717, 1.165) is 16.7 Å². The number of carbonyl (C=O) groups excluding carboxylic acids is 1. The minimum atomic E-state index is -0.422. The highest BCUT2D eigenvalue weighted by atomic mass is 35.5. The van der Waals surface area contributed by atoms with Crippen molar-refractivity contribution >= 4 is 28.4 Å². The van der Waals surface area contributed by atoms with Crippen molar-refractivity contribution in [2.75, 3.05) is 0 Å². The van der Waals surface area contributed by atoms with Crippen LogP contribution >= 0.6 is 11.6 Å². The molecule has 0 aliphatic heterocycles. The van der Waals surface area contributed by atoms with E-state index in [1.165, 1.54) is 18.3 Å². The third kappa shape index (κ3) is 5.21. The van der Waals surface area contributed by atoms with Crippen molar-refractivity contribution in [2.24, 2.45) is 0 Å². The largest absolute Gasteiger partial charge is 0.360 e. The molecule has 0 aliphatic carbocycles. The van der Waals surface area contributed by atoms with Gasteiger partial charge < -0.3 is 14.9 Å². The van der Waals surface area contributed by atoms with E-state index in [-0.39, 0.29) is 18.0 Å². The van der Waals surface area contributed by atoms with Gasteiger partial charge in [0, 0.05) is 53.9 Å². The molecule has 180 valence electrons. The van der Waals surface area contributed by atoms with Crippen LogP contribution in [-0.2, 0) is 19.5 Å². The van der Waals surface area contributed by atoms with Crippen LogP contribution in [0.1, 0.15) is 32.6 Å². The number of nitrogens with one attached hydrogen (secondary N) is 2. The van der Waals surface area contributed by atoms with Crippen LogP contribution in [0.4, 0.5) is 4.39 Å². The number of hydrogen-bond acceptors (Lipinski definition) is 3. The lowest BCUT2D eigenvalue weighted by Gasteiger charge is -2.09. The molecule has 8 heteroatoms. The molecule has 2 aromatic carbocycles. The Kier molecular flexibility index (Phi) is 6.64. The monoisotopic (exact) mass is 500 g/mol. The van der Waals surface area contributed by atoms with Gasteiger partial charge in [-0.15, -0.1) is 0 Å². The maximum absolute atomic E-state index is 14.4. The van der Waals surface area contributed by atoms with Crippen LogP contribution in [0.2, 0.25) is 5.02 Å². The molecule has 0 radical (unpaired) electrons. The molecular formula is C28H22ClFN4O2. The second-order valence-electron chi connectivity index (χ2n) is 8.55. The Balaban J connectivity index is 1.23. The van der Waals surface area contributed by atoms with Gasteiger partial charge in [-0.25, -0.2) is 4.39 Å². The normalized spacial score (nSPS) is 11.1. The van der Waals surface area contributed by atoms with E-state index in [1.807, 2.05) is 30.3 Å². The number of carbonyl (C=O) groups is 1. The number of hydrogen-bond donors (Lipinski definition) is 2. The molecule has 0 unspecified atom stereocenters. The van der Waals surface area contributed by atoms with Crippen LogP contribution in [0.25, 0.3) is 10.9 Å². The summed E-state index contributed by atoms with van der Waals surface area (Å²) < 4.78 is 16.1. The topological polar surface area (TPSA) is 79.8 Å². The Labute approximate surface area is 211 Å². The Bertz CT molecular complexity index is 1610. The van der Waals surface area contributed by atoms with Crippen LogP contribution in [0.5, 0.6) is 0 Å². The first-order valence-corrected chi connectivity index (χ1v) is 11.7. The van der Waals surface area contributed by atoms with Gasteiger partial charge in [0.1, 0.15) is 5.82 Å². The van der Waals surface area contributed by atoms with Crippen LogP contribution in [0.3, 0.4) is 0 Å². The van der Waals surface area contributed by atoms with Crippen molar-refractivity contribution in [3.63, 3.8) is 0 Å². The van der Waals surface area contributed by atoms with Crippen LogP contribution in [-0.4, -0.2) is 20.4 Å². The zero-order chi connectivity index (χ0) is 25.1. The Hall–Kier alpha value is -4.23. The van der Waals surface area contributed by atoms with Gasteiger partial charge in [-0.2, -0.15) is 0 Å². The number of aromatic nitrogens is 3. The first kappa shape index (κ1) is 23.5. The van der Waals surface area contributed by atoms with Crippen LogP contribution < -0.4 is 10.9 Å². The number of halogens is 2. The van der Waals surface area contributed by atoms with Crippen molar-refractivity contribution in [2.45, 2.75) is 19.5 Å². The van der Waals surface area contributed by atoms with Crippen molar-refractivity contribution in [3.8, 4) is 0 Å². The van der Waals surface area contributed by atoms with E-state index in [1.54, 1.807) is 41.4 Å². The van der Waals surface area contributed by atoms with E-state index in [4.69, 9.17) is 11.6 Å². The molecular weight excluding hydrogens is 479 g/mol. The molecule has 0 saturated heterocycles. The molecule has 0 spiro atoms. The zero-order valence-electron chi connectivity index (χ0n) is 19.2. The molecule has 3 heterocycles. The van der Waals surface area contributed by atoms with Crippen molar-refractivity contribution in [1.29, 1.82) is 0 Å². The zero-order valence-corrected chi connectivity index (χ0v) is 19.9. The fourth-order valence-corrected chi connectivity index (χ4v) is 4.27. The molecule has 0 aliphatic rings. The molecule has 0 saturated carbocycles. The van der Waals surface area contributed by atoms with Gasteiger partial charge in [0.05, 0.1) is 17.1 Å². The van der Waals surface area contributed by atoms with E-state index >= 15 is 0 Å². The smallest absolute Gasteiger partial charge is 0.253 e. The van der Waals surface area contributed by atoms with Gasteiger partial charge >= 0.3 is 0 Å². The van der Waals surface area contributed by atoms with Crippen LogP contribution in [0, 0.1) is 5.82 Å². The highest BCUT2D eigenvalue weighted by Gasteiger charge is 2.12. The molecule has 0 atom stereocenters. The van der Waals surface area contributed by atoms with Gasteiger partial charge in [0.2, 0.25) is 0 Å². The summed E-state index contributed by atoms with van der Waals surface area (Å²) in [5, 5.41) is 3.96. The third-order valence-electron chi connectivity index (χ3n) is 5.98. The van der Waals surface area contributed by atoms with Crippen molar-refractivity contribution in [3.05, 3.63) is 134 Å². The van der Waals surface area contributed by atoms with E-state index in [9.17, 15) is 14.0 Å². The quantitative estimate of drug-likeness (QED) is 0.327. The summed E-state index contributed by atoms with van der Waals surface area (Å²) in [4.78, 5) is 31.8. The number of aromatic amines is 1. The summed E-state index contributed by atoms with van der Waals surface area (Å²) >= 11 is 6.13. The molecule has 1 amide bonds. The predicted molar refractivity (Wildman–Crippen MR) is 138 cm³/mol. The number of pyridine rings is 2.